The van der Waals surface area contributed by atoms with E-state index in [1.54, 1.807) is 0 Å². The first-order valence-corrected chi connectivity index (χ1v) is 9.51. The summed E-state index contributed by atoms with van der Waals surface area (Å²) in [5.74, 6) is 0.240. The molecule has 2 aromatic rings. The lowest BCUT2D eigenvalue weighted by atomic mass is 10.1. The molecule has 1 aliphatic rings. The maximum Gasteiger partial charge on any atom is 0.234 e. The number of tetrazole rings is 1. The van der Waals surface area contributed by atoms with Gasteiger partial charge >= 0.3 is 0 Å². The maximum atomic E-state index is 12.3. The summed E-state index contributed by atoms with van der Waals surface area (Å²) in [5, 5.41) is 15.6. The van der Waals surface area contributed by atoms with Gasteiger partial charge in [0, 0.05) is 25.5 Å². The van der Waals surface area contributed by atoms with Gasteiger partial charge in [0.1, 0.15) is 0 Å². The Kier molecular flexibility index (Phi) is 5.57. The van der Waals surface area contributed by atoms with Crippen molar-refractivity contribution in [1.29, 1.82) is 0 Å². The summed E-state index contributed by atoms with van der Waals surface area (Å²) in [4.78, 5) is 14.3. The quantitative estimate of drug-likeness (QED) is 0.798. The van der Waals surface area contributed by atoms with Crippen LogP contribution in [0.1, 0.15) is 37.3 Å². The minimum absolute atomic E-state index is 0.0528. The molecule has 1 saturated carbocycles. The lowest BCUT2D eigenvalue weighted by molar-refractivity contribution is -0.113. The Hall–Kier alpha value is -2.09. The molecule has 0 aliphatic heterocycles. The van der Waals surface area contributed by atoms with Gasteiger partial charge in [0.25, 0.3) is 0 Å². The van der Waals surface area contributed by atoms with E-state index in [2.05, 4.69) is 25.7 Å². The molecule has 1 fully saturated rings. The van der Waals surface area contributed by atoms with Crippen molar-refractivity contribution >= 4 is 29.0 Å². The van der Waals surface area contributed by atoms with Gasteiger partial charge in [-0.2, -0.15) is 0 Å². The number of carbonyl (C=O) groups is 1. The van der Waals surface area contributed by atoms with E-state index >= 15 is 0 Å². The number of rotatable bonds is 6. The average molecular weight is 360 g/mol. The van der Waals surface area contributed by atoms with Crippen molar-refractivity contribution in [2.75, 3.05) is 30.1 Å². The van der Waals surface area contributed by atoms with Crippen molar-refractivity contribution in [3.63, 3.8) is 0 Å². The number of hydrogen-bond donors (Lipinski definition) is 1. The number of nitrogens with one attached hydrogen (secondary N) is 1. The van der Waals surface area contributed by atoms with Crippen LogP contribution in [0.3, 0.4) is 0 Å². The second-order valence-corrected chi connectivity index (χ2v) is 7.52. The second-order valence-electron chi connectivity index (χ2n) is 6.58. The molecule has 1 N–H and O–H groups in total. The van der Waals surface area contributed by atoms with E-state index in [1.165, 1.54) is 24.6 Å². The van der Waals surface area contributed by atoms with Crippen LogP contribution in [0.15, 0.2) is 23.4 Å². The van der Waals surface area contributed by atoms with Gasteiger partial charge in [-0.15, -0.1) is 5.10 Å². The molecule has 0 spiro atoms. The lowest BCUT2D eigenvalue weighted by Crippen LogP contribution is -2.16. The Morgan fingerprint density at radius 3 is 2.80 bits per heavy atom. The van der Waals surface area contributed by atoms with Gasteiger partial charge in [-0.25, -0.2) is 4.68 Å². The smallest absolute Gasteiger partial charge is 0.234 e. The number of hydrogen-bond acceptors (Lipinski definition) is 6. The van der Waals surface area contributed by atoms with E-state index < -0.39 is 0 Å². The number of carbonyl (C=O) groups excluding carboxylic acids is 1. The molecule has 1 amide bonds. The van der Waals surface area contributed by atoms with E-state index in [0.717, 1.165) is 34.9 Å². The van der Waals surface area contributed by atoms with Crippen LogP contribution < -0.4 is 10.2 Å². The molecule has 1 aromatic heterocycles. The highest BCUT2D eigenvalue weighted by atomic mass is 32.2. The SMILES string of the molecule is Cc1cc(NC(=O)CSc2nnnn2C2CCCC2)ccc1N(C)C. The Labute approximate surface area is 152 Å². The van der Waals surface area contributed by atoms with Gasteiger partial charge in [-0.3, -0.25) is 4.79 Å². The lowest BCUT2D eigenvalue weighted by Gasteiger charge is -2.16. The molecule has 0 saturated heterocycles. The number of nitrogens with zero attached hydrogens (tertiary/aromatic N) is 5. The molecular formula is C17H24N6OS. The summed E-state index contributed by atoms with van der Waals surface area (Å²) >= 11 is 1.39. The highest BCUT2D eigenvalue weighted by Crippen LogP contribution is 2.31. The zero-order valence-electron chi connectivity index (χ0n) is 14.9. The molecule has 7 nitrogen and oxygen atoms in total. The summed E-state index contributed by atoms with van der Waals surface area (Å²) < 4.78 is 1.88. The van der Waals surface area contributed by atoms with Gasteiger partial charge in [0.2, 0.25) is 11.1 Å². The minimum atomic E-state index is -0.0528. The Balaban J connectivity index is 1.57. The highest BCUT2D eigenvalue weighted by molar-refractivity contribution is 7.99. The summed E-state index contributed by atoms with van der Waals surface area (Å²) in [6.45, 7) is 2.04. The summed E-state index contributed by atoms with van der Waals surface area (Å²) in [5.41, 5.74) is 3.08. The van der Waals surface area contributed by atoms with Crippen LogP contribution in [-0.4, -0.2) is 46.0 Å². The van der Waals surface area contributed by atoms with E-state index in [0.29, 0.717) is 11.8 Å². The molecule has 1 aliphatic carbocycles. The first-order valence-electron chi connectivity index (χ1n) is 8.53. The zero-order valence-corrected chi connectivity index (χ0v) is 15.7. The first kappa shape index (κ1) is 17.7. The maximum absolute atomic E-state index is 12.3. The van der Waals surface area contributed by atoms with Crippen LogP contribution in [0, 0.1) is 6.92 Å². The molecule has 0 atom stereocenters. The normalized spacial score (nSPS) is 14.7. The molecular weight excluding hydrogens is 336 g/mol. The molecule has 0 radical (unpaired) electrons. The zero-order chi connectivity index (χ0) is 17.8. The molecule has 3 rings (SSSR count). The van der Waals surface area contributed by atoms with Crippen LogP contribution in [0.25, 0.3) is 0 Å². The summed E-state index contributed by atoms with van der Waals surface area (Å²) in [6, 6.07) is 6.30. The summed E-state index contributed by atoms with van der Waals surface area (Å²) in [6.07, 6.45) is 4.67. The van der Waals surface area contributed by atoms with Crippen molar-refractivity contribution in [2.24, 2.45) is 0 Å². The number of anilines is 2. The van der Waals surface area contributed by atoms with Crippen molar-refractivity contribution in [3.05, 3.63) is 23.8 Å². The second kappa shape index (κ2) is 7.86. The van der Waals surface area contributed by atoms with Crippen molar-refractivity contribution in [1.82, 2.24) is 20.2 Å². The number of amides is 1. The molecule has 0 bridgehead atoms. The monoisotopic (exact) mass is 360 g/mol. The number of aromatic nitrogens is 4. The van der Waals surface area contributed by atoms with E-state index in [9.17, 15) is 4.79 Å². The third-order valence-electron chi connectivity index (χ3n) is 4.43. The van der Waals surface area contributed by atoms with E-state index in [1.807, 2.05) is 43.9 Å². The Morgan fingerprint density at radius 1 is 1.36 bits per heavy atom. The van der Waals surface area contributed by atoms with Gasteiger partial charge in [-0.05, 0) is 54.0 Å². The summed E-state index contributed by atoms with van der Waals surface area (Å²) in [7, 11) is 4.01. The molecule has 25 heavy (non-hydrogen) atoms. The van der Waals surface area contributed by atoms with Crippen LogP contribution in [0.2, 0.25) is 0 Å². The van der Waals surface area contributed by atoms with Crippen LogP contribution in [0.5, 0.6) is 0 Å². The average Bonchev–Trinajstić information content (AvgIpc) is 3.23. The fourth-order valence-corrected chi connectivity index (χ4v) is 3.97. The molecule has 0 unspecified atom stereocenters. The fourth-order valence-electron chi connectivity index (χ4n) is 3.22. The largest absolute Gasteiger partial charge is 0.377 e. The van der Waals surface area contributed by atoms with Crippen LogP contribution in [-0.2, 0) is 4.79 Å². The Bertz CT molecular complexity index is 738. The number of aryl methyl sites for hydroxylation is 1. The first-order chi connectivity index (χ1) is 12.0. The predicted octanol–water partition coefficient (Wildman–Crippen LogP) is 2.89. The van der Waals surface area contributed by atoms with Crippen molar-refractivity contribution in [2.45, 2.75) is 43.8 Å². The third-order valence-corrected chi connectivity index (χ3v) is 5.36. The Morgan fingerprint density at radius 2 is 2.12 bits per heavy atom. The van der Waals surface area contributed by atoms with Crippen molar-refractivity contribution in [3.8, 4) is 0 Å². The minimum Gasteiger partial charge on any atom is -0.377 e. The topological polar surface area (TPSA) is 75.9 Å². The van der Waals surface area contributed by atoms with Crippen LogP contribution in [0.4, 0.5) is 11.4 Å². The van der Waals surface area contributed by atoms with Gasteiger partial charge in [-0.1, -0.05) is 24.6 Å². The van der Waals surface area contributed by atoms with E-state index in [4.69, 9.17) is 0 Å². The van der Waals surface area contributed by atoms with Gasteiger partial charge in [0.15, 0.2) is 0 Å². The highest BCUT2D eigenvalue weighted by Gasteiger charge is 2.22. The molecule has 134 valence electrons. The molecule has 1 heterocycles. The number of benzene rings is 1. The molecule has 8 heteroatoms. The predicted molar refractivity (Wildman–Crippen MR) is 100 cm³/mol. The molecule has 1 aromatic carbocycles. The third kappa shape index (κ3) is 4.31. The standard InChI is InChI=1S/C17H24N6OS/c1-12-10-13(8-9-15(12)22(2)3)18-16(24)11-25-17-19-20-21-23(17)14-6-4-5-7-14/h8-10,14H,4-7,11H2,1-3H3,(H,18,24). The van der Waals surface area contributed by atoms with Crippen LogP contribution >= 0.6 is 11.8 Å². The number of thioether (sulfide) groups is 1. The fraction of sp³-hybridized carbons (Fsp3) is 0.529. The van der Waals surface area contributed by atoms with Gasteiger partial charge < -0.3 is 10.2 Å². The van der Waals surface area contributed by atoms with E-state index in [-0.39, 0.29) is 5.91 Å². The van der Waals surface area contributed by atoms with Crippen molar-refractivity contribution < 1.29 is 4.79 Å². The van der Waals surface area contributed by atoms with Gasteiger partial charge in [0.05, 0.1) is 11.8 Å².